The fourth-order valence-electron chi connectivity index (χ4n) is 2.69. The second kappa shape index (κ2) is 8.24. The number of carbonyl (C=O) groups excluding carboxylic acids is 1. The van der Waals surface area contributed by atoms with Crippen LogP contribution in [0.1, 0.15) is 29.3 Å². The van der Waals surface area contributed by atoms with Crippen LogP contribution in [0, 0.1) is 11.6 Å². The van der Waals surface area contributed by atoms with Gasteiger partial charge in [0.05, 0.1) is 40.5 Å². The molecule has 2 N–H and O–H groups in total. The highest BCUT2D eigenvalue weighted by Crippen LogP contribution is 2.35. The number of fused-ring (bicyclic) bond motifs is 1. The van der Waals surface area contributed by atoms with E-state index < -0.39 is 34.0 Å². The first-order valence-corrected chi connectivity index (χ1v) is 9.96. The molecule has 1 unspecified atom stereocenters. The topological polar surface area (TPSA) is 84.1 Å². The summed E-state index contributed by atoms with van der Waals surface area (Å²) >= 11 is 6.26. The number of aromatic nitrogens is 2. The third-order valence-corrected chi connectivity index (χ3v) is 5.60. The van der Waals surface area contributed by atoms with Crippen molar-refractivity contribution >= 4 is 45.1 Å². The Morgan fingerprint density at radius 2 is 2.14 bits per heavy atom. The summed E-state index contributed by atoms with van der Waals surface area (Å²) in [5, 5.41) is 0.286. The van der Waals surface area contributed by atoms with E-state index in [9.17, 15) is 17.8 Å². The Bertz CT molecular complexity index is 1090. The van der Waals surface area contributed by atoms with Gasteiger partial charge in [0, 0.05) is 11.9 Å². The number of nitrogens with zero attached hydrogens (tertiary/aromatic N) is 1. The maximum atomic E-state index is 14.9. The second-order valence-electron chi connectivity index (χ2n) is 5.83. The Morgan fingerprint density at radius 1 is 1.39 bits per heavy atom. The third-order valence-electron chi connectivity index (χ3n) is 4.00. The summed E-state index contributed by atoms with van der Waals surface area (Å²) in [5.74, 6) is -2.60. The highest BCUT2D eigenvalue weighted by atomic mass is 35.5. The summed E-state index contributed by atoms with van der Waals surface area (Å²) in [4.78, 5) is 19.8. The Labute approximate surface area is 166 Å². The van der Waals surface area contributed by atoms with E-state index in [0.29, 0.717) is 6.42 Å². The lowest BCUT2D eigenvalue weighted by atomic mass is 10.0. The quantitative estimate of drug-likeness (QED) is 0.553. The van der Waals surface area contributed by atoms with Crippen molar-refractivity contribution in [3.63, 3.8) is 0 Å². The number of ether oxygens (including phenoxy) is 1. The van der Waals surface area contributed by atoms with Crippen molar-refractivity contribution in [2.45, 2.75) is 13.3 Å². The summed E-state index contributed by atoms with van der Waals surface area (Å²) in [6, 6.07) is 2.04. The molecule has 0 aliphatic rings. The zero-order chi connectivity index (χ0) is 20.4. The Morgan fingerprint density at radius 3 is 2.82 bits per heavy atom. The lowest BCUT2D eigenvalue weighted by molar-refractivity contribution is 0.103. The molecule has 0 fully saturated rings. The molecule has 10 heteroatoms. The number of H-pyrrole nitrogens is 1. The van der Waals surface area contributed by atoms with Gasteiger partial charge in [0.1, 0.15) is 22.5 Å². The number of anilines is 1. The number of methoxy groups -OCH3 is 1. The molecule has 3 rings (SSSR count). The highest BCUT2D eigenvalue weighted by molar-refractivity contribution is 7.86. The largest absolute Gasteiger partial charge is 0.494 e. The van der Waals surface area contributed by atoms with Crippen LogP contribution in [0.4, 0.5) is 14.5 Å². The molecule has 28 heavy (non-hydrogen) atoms. The SMILES string of the molecule is CCCS(=O)Nc1ccc(F)c(C(=O)c2c[nH]c3ncc(OC)c(Cl)c23)c1F. The zero-order valence-electron chi connectivity index (χ0n) is 14.9. The first-order valence-electron chi connectivity index (χ1n) is 8.26. The fourth-order valence-corrected chi connectivity index (χ4v) is 3.89. The van der Waals surface area contributed by atoms with Gasteiger partial charge in [0.15, 0.2) is 11.6 Å². The van der Waals surface area contributed by atoms with E-state index in [2.05, 4.69) is 14.7 Å². The Balaban J connectivity index is 2.10. The van der Waals surface area contributed by atoms with Crippen LogP contribution in [0.15, 0.2) is 24.5 Å². The van der Waals surface area contributed by atoms with Crippen LogP contribution in [0.2, 0.25) is 5.02 Å². The molecule has 6 nitrogen and oxygen atoms in total. The van der Waals surface area contributed by atoms with Crippen LogP contribution in [0.3, 0.4) is 0 Å². The molecule has 0 spiro atoms. The molecule has 1 atom stereocenters. The molecule has 0 radical (unpaired) electrons. The maximum Gasteiger partial charge on any atom is 0.201 e. The Hall–Kier alpha value is -2.52. The molecular weight excluding hydrogens is 412 g/mol. The van der Waals surface area contributed by atoms with Gasteiger partial charge in [0.2, 0.25) is 5.78 Å². The lowest BCUT2D eigenvalue weighted by Gasteiger charge is -2.11. The summed E-state index contributed by atoms with van der Waals surface area (Å²) in [6.07, 6.45) is 3.25. The van der Waals surface area contributed by atoms with Crippen LogP contribution in [0.25, 0.3) is 11.0 Å². The predicted octanol–water partition coefficient (Wildman–Crippen LogP) is 4.22. The van der Waals surface area contributed by atoms with Gasteiger partial charge in [-0.05, 0) is 18.6 Å². The van der Waals surface area contributed by atoms with Crippen molar-refractivity contribution in [1.82, 2.24) is 9.97 Å². The summed E-state index contributed by atoms with van der Waals surface area (Å²) in [6.45, 7) is 1.82. The molecule has 3 aromatic rings. The first kappa shape index (κ1) is 20.2. The van der Waals surface area contributed by atoms with Crippen molar-refractivity contribution in [2.75, 3.05) is 17.6 Å². The second-order valence-corrected chi connectivity index (χ2v) is 7.51. The molecule has 1 aromatic carbocycles. The van der Waals surface area contributed by atoms with Gasteiger partial charge in [-0.2, -0.15) is 0 Å². The van der Waals surface area contributed by atoms with E-state index in [4.69, 9.17) is 16.3 Å². The van der Waals surface area contributed by atoms with E-state index in [-0.39, 0.29) is 38.8 Å². The van der Waals surface area contributed by atoms with Crippen LogP contribution < -0.4 is 9.46 Å². The van der Waals surface area contributed by atoms with Gasteiger partial charge < -0.3 is 14.4 Å². The van der Waals surface area contributed by atoms with Gasteiger partial charge in [-0.25, -0.2) is 18.0 Å². The number of carbonyl (C=O) groups is 1. The number of aromatic amines is 1. The number of ketones is 1. The van der Waals surface area contributed by atoms with Gasteiger partial charge in [-0.15, -0.1) is 0 Å². The van der Waals surface area contributed by atoms with Crippen LogP contribution in [0.5, 0.6) is 5.75 Å². The van der Waals surface area contributed by atoms with E-state index in [1.807, 2.05) is 6.92 Å². The zero-order valence-corrected chi connectivity index (χ0v) is 16.5. The molecule has 148 valence electrons. The van der Waals surface area contributed by atoms with E-state index in [0.717, 1.165) is 12.1 Å². The number of hydrogen-bond donors (Lipinski definition) is 2. The van der Waals surface area contributed by atoms with Crippen molar-refractivity contribution in [3.8, 4) is 5.75 Å². The van der Waals surface area contributed by atoms with Crippen molar-refractivity contribution in [3.05, 3.63) is 52.3 Å². The highest BCUT2D eigenvalue weighted by Gasteiger charge is 2.26. The van der Waals surface area contributed by atoms with Crippen molar-refractivity contribution in [1.29, 1.82) is 0 Å². The van der Waals surface area contributed by atoms with Gasteiger partial charge in [-0.1, -0.05) is 18.5 Å². The number of nitrogens with one attached hydrogen (secondary N) is 2. The molecule has 0 amide bonds. The Kier molecular flexibility index (Phi) is 5.95. The predicted molar refractivity (Wildman–Crippen MR) is 104 cm³/mol. The molecule has 0 saturated heterocycles. The van der Waals surface area contributed by atoms with Gasteiger partial charge in [0.25, 0.3) is 0 Å². The standard InChI is InChI=1S/C18H16ClF2N3O3S/c1-3-6-28(26)24-11-5-4-10(20)14(16(11)21)17(25)9-7-22-18-13(9)15(19)12(27-2)8-23-18/h4-5,7-8,24H,3,6H2,1-2H3,(H,22,23). The smallest absolute Gasteiger partial charge is 0.201 e. The van der Waals surface area contributed by atoms with Crippen molar-refractivity contribution in [2.24, 2.45) is 0 Å². The minimum absolute atomic E-state index is 0.0592. The minimum atomic E-state index is -1.55. The lowest BCUT2D eigenvalue weighted by Crippen LogP contribution is -2.13. The van der Waals surface area contributed by atoms with Crippen LogP contribution in [-0.4, -0.2) is 32.8 Å². The average Bonchev–Trinajstić information content (AvgIpc) is 3.09. The molecule has 0 bridgehead atoms. The maximum absolute atomic E-state index is 14.9. The fraction of sp³-hybridized carbons (Fsp3) is 0.222. The van der Waals surface area contributed by atoms with E-state index >= 15 is 0 Å². The molecule has 0 aliphatic heterocycles. The number of benzene rings is 1. The summed E-state index contributed by atoms with van der Waals surface area (Å²) < 4.78 is 48.6. The van der Waals surface area contributed by atoms with E-state index in [1.165, 1.54) is 19.5 Å². The first-order chi connectivity index (χ1) is 13.4. The molecule has 0 saturated carbocycles. The third kappa shape index (κ3) is 3.59. The average molecular weight is 428 g/mol. The monoisotopic (exact) mass is 427 g/mol. The van der Waals surface area contributed by atoms with Crippen molar-refractivity contribution < 1.29 is 22.5 Å². The number of rotatable bonds is 7. The molecule has 0 aliphatic carbocycles. The van der Waals surface area contributed by atoms with Crippen LogP contribution in [-0.2, 0) is 11.0 Å². The number of hydrogen-bond acceptors (Lipinski definition) is 4. The molecule has 2 aromatic heterocycles. The van der Waals surface area contributed by atoms with Crippen LogP contribution >= 0.6 is 11.6 Å². The normalized spacial score (nSPS) is 12.2. The molecule has 2 heterocycles. The number of pyridine rings is 1. The van der Waals surface area contributed by atoms with Gasteiger partial charge >= 0.3 is 0 Å². The summed E-state index contributed by atoms with van der Waals surface area (Å²) in [7, 11) is -0.171. The van der Waals surface area contributed by atoms with Gasteiger partial charge in [-0.3, -0.25) is 4.79 Å². The number of halogens is 3. The summed E-state index contributed by atoms with van der Waals surface area (Å²) in [5.41, 5.74) is -0.791. The minimum Gasteiger partial charge on any atom is -0.494 e. The molecular formula is C18H16ClF2N3O3S. The van der Waals surface area contributed by atoms with E-state index in [1.54, 1.807) is 0 Å².